The van der Waals surface area contributed by atoms with Gasteiger partial charge in [0.1, 0.15) is 5.82 Å². The molecule has 1 atom stereocenters. The van der Waals surface area contributed by atoms with Crippen LogP contribution in [-0.4, -0.2) is 38.7 Å². The maximum Gasteiger partial charge on any atom is 0.229 e. The molecular formula is C26H29ClFN3O2S. The van der Waals surface area contributed by atoms with E-state index in [-0.39, 0.29) is 5.82 Å². The Morgan fingerprint density at radius 1 is 1.03 bits per heavy atom. The van der Waals surface area contributed by atoms with Crippen molar-refractivity contribution in [1.29, 1.82) is 0 Å². The zero-order chi connectivity index (χ0) is 24.1. The molecule has 0 spiro atoms. The molecular weight excluding hydrogens is 473 g/mol. The first-order valence-electron chi connectivity index (χ1n) is 11.3. The monoisotopic (exact) mass is 501 g/mol. The molecule has 5 nitrogen and oxygen atoms in total. The lowest BCUT2D eigenvalue weighted by molar-refractivity contribution is 0.170. The fraction of sp³-hybridized carbons (Fsp3) is 0.308. The summed E-state index contributed by atoms with van der Waals surface area (Å²) in [5, 5.41) is 4.23. The van der Waals surface area contributed by atoms with Crippen molar-refractivity contribution in [3.8, 4) is 0 Å². The molecule has 0 amide bonds. The molecule has 0 aromatic heterocycles. The average Bonchev–Trinajstić information content (AvgIpc) is 2.77. The molecule has 0 saturated heterocycles. The van der Waals surface area contributed by atoms with E-state index in [9.17, 15) is 12.8 Å². The van der Waals surface area contributed by atoms with Gasteiger partial charge in [-0.05, 0) is 71.5 Å². The highest BCUT2D eigenvalue weighted by atomic mass is 35.5. The first-order chi connectivity index (χ1) is 16.2. The summed E-state index contributed by atoms with van der Waals surface area (Å²) in [4.78, 5) is 2.47. The van der Waals surface area contributed by atoms with E-state index < -0.39 is 10.0 Å². The minimum atomic E-state index is -3.30. The van der Waals surface area contributed by atoms with Crippen molar-refractivity contribution in [2.24, 2.45) is 0 Å². The maximum atomic E-state index is 13.4. The largest absolute Gasteiger partial charge is 0.311 e. The number of hydrogen-bond acceptors (Lipinski definition) is 4. The Bertz CT molecular complexity index is 1240. The molecule has 1 unspecified atom stereocenters. The van der Waals surface area contributed by atoms with Crippen LogP contribution >= 0.6 is 11.6 Å². The zero-order valence-corrected chi connectivity index (χ0v) is 20.7. The quantitative estimate of drug-likeness (QED) is 0.420. The minimum absolute atomic E-state index is 0.221. The number of fused-ring (bicyclic) bond motifs is 1. The molecule has 8 heteroatoms. The molecule has 1 heterocycles. The normalized spacial score (nSPS) is 16.3. The molecule has 3 aromatic rings. The number of nitrogens with one attached hydrogen (secondary N) is 2. The summed E-state index contributed by atoms with van der Waals surface area (Å²) in [7, 11) is -3.30. The Kier molecular flexibility index (Phi) is 7.88. The van der Waals surface area contributed by atoms with E-state index in [4.69, 9.17) is 11.6 Å². The summed E-state index contributed by atoms with van der Waals surface area (Å²) in [5.74, 6) is -0.221. The van der Waals surface area contributed by atoms with Gasteiger partial charge in [0, 0.05) is 42.9 Å². The third-order valence-electron chi connectivity index (χ3n) is 6.03. The van der Waals surface area contributed by atoms with Crippen LogP contribution in [0.1, 0.15) is 22.3 Å². The number of hydrogen-bond donors (Lipinski definition) is 2. The van der Waals surface area contributed by atoms with Gasteiger partial charge in [-0.2, -0.15) is 0 Å². The van der Waals surface area contributed by atoms with Crippen molar-refractivity contribution in [2.45, 2.75) is 32.0 Å². The Hall–Kier alpha value is -2.45. The second-order valence-electron chi connectivity index (χ2n) is 8.82. The molecule has 0 radical (unpaired) electrons. The Morgan fingerprint density at radius 2 is 1.82 bits per heavy atom. The van der Waals surface area contributed by atoms with Crippen LogP contribution in [0.4, 0.5) is 10.1 Å². The standard InChI is InChI=1S/C26H29ClFN3O2S/c1-34(32,33)30-25-4-2-3-20(13-25)17-29-11-12-31-18-21-7-8-23(27)15-22(21)16-26(31)14-19-5-9-24(28)10-6-19/h2-10,13,15,26,29-30H,11-12,14,16-18H2,1H3. The van der Waals surface area contributed by atoms with Crippen LogP contribution in [0, 0.1) is 5.82 Å². The van der Waals surface area contributed by atoms with Crippen molar-refractivity contribution >= 4 is 27.3 Å². The molecule has 2 N–H and O–H groups in total. The highest BCUT2D eigenvalue weighted by Crippen LogP contribution is 2.27. The molecule has 180 valence electrons. The van der Waals surface area contributed by atoms with Crippen LogP contribution in [0.3, 0.4) is 0 Å². The molecule has 0 fully saturated rings. The number of nitrogens with zero attached hydrogens (tertiary/aromatic N) is 1. The number of benzene rings is 3. The molecule has 0 aliphatic carbocycles. The topological polar surface area (TPSA) is 61.4 Å². The summed E-state index contributed by atoms with van der Waals surface area (Å²) in [6.07, 6.45) is 2.88. The number of sulfonamides is 1. The van der Waals surface area contributed by atoms with Crippen LogP contribution in [0.25, 0.3) is 0 Å². The maximum absolute atomic E-state index is 13.4. The van der Waals surface area contributed by atoms with E-state index >= 15 is 0 Å². The zero-order valence-electron chi connectivity index (χ0n) is 19.1. The van der Waals surface area contributed by atoms with Gasteiger partial charge in [-0.3, -0.25) is 9.62 Å². The van der Waals surface area contributed by atoms with Crippen molar-refractivity contribution in [2.75, 3.05) is 24.1 Å². The molecule has 1 aliphatic heterocycles. The third-order valence-corrected chi connectivity index (χ3v) is 6.88. The Balaban J connectivity index is 1.39. The summed E-state index contributed by atoms with van der Waals surface area (Å²) < 4.78 is 38.8. The van der Waals surface area contributed by atoms with Crippen LogP contribution in [-0.2, 0) is 36.0 Å². The number of anilines is 1. The molecule has 0 saturated carbocycles. The lowest BCUT2D eigenvalue weighted by Gasteiger charge is -2.37. The predicted octanol–water partition coefficient (Wildman–Crippen LogP) is 4.61. The first-order valence-corrected chi connectivity index (χ1v) is 13.6. The summed E-state index contributed by atoms with van der Waals surface area (Å²) in [5.41, 5.74) is 5.26. The van der Waals surface area contributed by atoms with E-state index in [1.807, 2.05) is 36.4 Å². The van der Waals surface area contributed by atoms with Gasteiger partial charge in [-0.1, -0.05) is 41.9 Å². The fourth-order valence-corrected chi connectivity index (χ4v) is 5.19. The second-order valence-corrected chi connectivity index (χ2v) is 11.0. The summed E-state index contributed by atoms with van der Waals surface area (Å²) in [6.45, 7) is 3.12. The summed E-state index contributed by atoms with van der Waals surface area (Å²) in [6, 6.07) is 20.5. The summed E-state index contributed by atoms with van der Waals surface area (Å²) >= 11 is 6.24. The highest BCUT2D eigenvalue weighted by Gasteiger charge is 2.26. The molecule has 34 heavy (non-hydrogen) atoms. The lowest BCUT2D eigenvalue weighted by Crippen LogP contribution is -2.44. The Morgan fingerprint density at radius 3 is 2.59 bits per heavy atom. The van der Waals surface area contributed by atoms with Crippen LogP contribution in [0.5, 0.6) is 0 Å². The van der Waals surface area contributed by atoms with Crippen LogP contribution in [0.15, 0.2) is 66.7 Å². The fourth-order valence-electron chi connectivity index (χ4n) is 4.44. The van der Waals surface area contributed by atoms with Gasteiger partial charge in [0.2, 0.25) is 10.0 Å². The molecule has 4 rings (SSSR count). The van der Waals surface area contributed by atoms with Gasteiger partial charge >= 0.3 is 0 Å². The average molecular weight is 502 g/mol. The van der Waals surface area contributed by atoms with Crippen LogP contribution < -0.4 is 10.0 Å². The SMILES string of the molecule is CS(=O)(=O)Nc1cccc(CNCCN2Cc3ccc(Cl)cc3CC2Cc2ccc(F)cc2)c1. The van der Waals surface area contributed by atoms with E-state index in [1.54, 1.807) is 6.07 Å². The first kappa shape index (κ1) is 24.7. The van der Waals surface area contributed by atoms with E-state index in [1.165, 1.54) is 23.3 Å². The smallest absolute Gasteiger partial charge is 0.229 e. The highest BCUT2D eigenvalue weighted by molar-refractivity contribution is 7.92. The third kappa shape index (κ3) is 7.03. The van der Waals surface area contributed by atoms with E-state index in [2.05, 4.69) is 27.1 Å². The van der Waals surface area contributed by atoms with E-state index in [0.29, 0.717) is 18.3 Å². The minimum Gasteiger partial charge on any atom is -0.311 e. The van der Waals surface area contributed by atoms with Crippen molar-refractivity contribution in [1.82, 2.24) is 10.2 Å². The predicted molar refractivity (Wildman–Crippen MR) is 136 cm³/mol. The molecule has 0 bridgehead atoms. The molecule has 1 aliphatic rings. The van der Waals surface area contributed by atoms with Gasteiger partial charge in [-0.15, -0.1) is 0 Å². The van der Waals surface area contributed by atoms with E-state index in [0.717, 1.165) is 54.9 Å². The number of rotatable bonds is 9. The van der Waals surface area contributed by atoms with Crippen LogP contribution in [0.2, 0.25) is 5.02 Å². The van der Waals surface area contributed by atoms with Crippen molar-refractivity contribution in [3.05, 3.63) is 99.8 Å². The molecule has 3 aromatic carbocycles. The van der Waals surface area contributed by atoms with Gasteiger partial charge in [0.25, 0.3) is 0 Å². The lowest BCUT2D eigenvalue weighted by atomic mass is 9.90. The Labute approximate surface area is 206 Å². The van der Waals surface area contributed by atoms with Gasteiger partial charge in [0.15, 0.2) is 0 Å². The van der Waals surface area contributed by atoms with Crippen molar-refractivity contribution in [3.63, 3.8) is 0 Å². The number of halogens is 2. The van der Waals surface area contributed by atoms with Gasteiger partial charge in [0.05, 0.1) is 6.26 Å². The van der Waals surface area contributed by atoms with Gasteiger partial charge < -0.3 is 5.32 Å². The van der Waals surface area contributed by atoms with Gasteiger partial charge in [-0.25, -0.2) is 12.8 Å². The van der Waals surface area contributed by atoms with Crippen molar-refractivity contribution < 1.29 is 12.8 Å². The second kappa shape index (κ2) is 10.9.